The Hall–Kier alpha value is -4.86. The van der Waals surface area contributed by atoms with E-state index in [1.54, 1.807) is 12.3 Å². The second kappa shape index (κ2) is 9.86. The second-order valence-electron chi connectivity index (χ2n) is 10.6. The van der Waals surface area contributed by atoms with Crippen molar-refractivity contribution in [2.45, 2.75) is 11.3 Å². The summed E-state index contributed by atoms with van der Waals surface area (Å²) in [5, 5.41) is 16.1. The van der Waals surface area contributed by atoms with Crippen LogP contribution in [0.5, 0.6) is 0 Å². The fourth-order valence-corrected chi connectivity index (χ4v) is 7.45. The Morgan fingerprint density at radius 2 is 1.53 bits per heavy atom. The molecule has 0 unspecified atom stereocenters. The molecule has 2 bridgehead atoms. The summed E-state index contributed by atoms with van der Waals surface area (Å²) in [4.78, 5) is 53.4. The quantitative estimate of drug-likeness (QED) is 0.131. The number of nitrogens with one attached hydrogen (secondary N) is 1. The Morgan fingerprint density at radius 1 is 0.907 bits per heavy atom. The van der Waals surface area contributed by atoms with Crippen molar-refractivity contribution in [3.05, 3.63) is 139 Å². The van der Waals surface area contributed by atoms with Crippen LogP contribution in [0.15, 0.2) is 96.1 Å². The minimum absolute atomic E-state index is 0.153. The lowest BCUT2D eigenvalue weighted by atomic mass is 9.47. The molecule has 8 rings (SSSR count). The van der Waals surface area contributed by atoms with Gasteiger partial charge in [-0.05, 0) is 52.6 Å². The topological polar surface area (TPSA) is 122 Å². The number of hydrogen-bond acceptors (Lipinski definition) is 6. The molecule has 0 aromatic heterocycles. The van der Waals surface area contributed by atoms with Gasteiger partial charge in [0.15, 0.2) is 0 Å². The number of rotatable bonds is 5. The first-order valence-corrected chi connectivity index (χ1v) is 14.1. The number of nitrogens with zero attached hydrogens (tertiary/aromatic N) is 3. The molecule has 212 valence electrons. The highest BCUT2D eigenvalue weighted by atomic mass is 35.5. The molecule has 4 aromatic rings. The Kier molecular flexibility index (Phi) is 6.19. The number of imide groups is 1. The fourth-order valence-electron chi connectivity index (χ4n) is 6.95. The number of hydrazone groups is 1. The molecule has 0 spiro atoms. The molecule has 2 atom stereocenters. The van der Waals surface area contributed by atoms with Crippen molar-refractivity contribution in [1.82, 2.24) is 5.43 Å². The maximum atomic E-state index is 14.4. The van der Waals surface area contributed by atoms with Gasteiger partial charge in [0.1, 0.15) is 0 Å². The predicted molar refractivity (Wildman–Crippen MR) is 160 cm³/mol. The average Bonchev–Trinajstić information content (AvgIpc) is 3.27. The molecule has 0 saturated carbocycles. The maximum absolute atomic E-state index is 14.4. The first kappa shape index (κ1) is 27.0. The van der Waals surface area contributed by atoms with Gasteiger partial charge in [0.05, 0.1) is 38.4 Å². The van der Waals surface area contributed by atoms with Gasteiger partial charge in [-0.15, -0.1) is 0 Å². The summed E-state index contributed by atoms with van der Waals surface area (Å²) in [6, 6.07) is 25.1. The third-order valence-electron chi connectivity index (χ3n) is 8.61. The monoisotopic (exact) mass is 610 g/mol. The summed E-state index contributed by atoms with van der Waals surface area (Å²) in [6.45, 7) is 0. The van der Waals surface area contributed by atoms with Crippen LogP contribution in [0.2, 0.25) is 10.0 Å². The van der Waals surface area contributed by atoms with Gasteiger partial charge in [-0.1, -0.05) is 71.7 Å². The summed E-state index contributed by atoms with van der Waals surface area (Å²) in [5.41, 5.74) is 5.02. The van der Waals surface area contributed by atoms with Crippen molar-refractivity contribution in [2.24, 2.45) is 16.9 Å². The van der Waals surface area contributed by atoms with Crippen LogP contribution in [0.25, 0.3) is 0 Å². The molecule has 4 aromatic carbocycles. The van der Waals surface area contributed by atoms with Gasteiger partial charge in [-0.3, -0.25) is 24.5 Å². The van der Waals surface area contributed by atoms with E-state index in [2.05, 4.69) is 10.5 Å². The van der Waals surface area contributed by atoms with Crippen molar-refractivity contribution in [2.75, 3.05) is 4.90 Å². The number of carbonyl (C=O) groups excluding carboxylic acids is 3. The molecule has 3 aliphatic carbocycles. The largest absolute Gasteiger partial charge is 0.274 e. The van der Waals surface area contributed by atoms with E-state index in [-0.39, 0.29) is 22.0 Å². The molecule has 43 heavy (non-hydrogen) atoms. The molecular weight excluding hydrogens is 591 g/mol. The van der Waals surface area contributed by atoms with Crippen LogP contribution in [0.1, 0.15) is 38.5 Å². The highest BCUT2D eigenvalue weighted by molar-refractivity contribution is 6.36. The summed E-state index contributed by atoms with van der Waals surface area (Å²) in [7, 11) is 0. The molecule has 4 aliphatic rings. The highest BCUT2D eigenvalue weighted by Crippen LogP contribution is 2.63. The van der Waals surface area contributed by atoms with Gasteiger partial charge in [-0.2, -0.15) is 5.10 Å². The predicted octanol–water partition coefficient (Wildman–Crippen LogP) is 5.87. The van der Waals surface area contributed by atoms with E-state index in [4.69, 9.17) is 23.2 Å². The fraction of sp³-hybridized carbons (Fsp3) is 0.125. The summed E-state index contributed by atoms with van der Waals surface area (Å²) in [6.07, 6.45) is 1.55. The maximum Gasteiger partial charge on any atom is 0.272 e. The molecule has 3 amide bonds. The summed E-state index contributed by atoms with van der Waals surface area (Å²) >= 11 is 12.2. The van der Waals surface area contributed by atoms with Crippen molar-refractivity contribution < 1.29 is 19.3 Å². The Bertz CT molecular complexity index is 1860. The van der Waals surface area contributed by atoms with E-state index < -0.39 is 45.8 Å². The molecular formula is C32H20Cl2N4O5. The number of nitro benzene ring substituents is 1. The molecule has 1 aliphatic heterocycles. The molecule has 1 saturated heterocycles. The molecule has 9 nitrogen and oxygen atoms in total. The van der Waals surface area contributed by atoms with Crippen LogP contribution in [0, 0.1) is 22.0 Å². The zero-order valence-electron chi connectivity index (χ0n) is 22.1. The van der Waals surface area contributed by atoms with Crippen molar-refractivity contribution in [3.8, 4) is 0 Å². The third kappa shape index (κ3) is 3.85. The Balaban J connectivity index is 1.37. The van der Waals surface area contributed by atoms with Gasteiger partial charge in [0.25, 0.3) is 11.6 Å². The zero-order valence-corrected chi connectivity index (χ0v) is 23.6. The molecule has 1 heterocycles. The van der Waals surface area contributed by atoms with Gasteiger partial charge >= 0.3 is 0 Å². The number of halogens is 2. The summed E-state index contributed by atoms with van der Waals surface area (Å²) in [5.74, 6) is -3.46. The van der Waals surface area contributed by atoms with Crippen LogP contribution < -0.4 is 10.3 Å². The van der Waals surface area contributed by atoms with Crippen molar-refractivity contribution in [3.63, 3.8) is 0 Å². The number of benzene rings is 4. The zero-order chi connectivity index (χ0) is 30.0. The molecule has 0 radical (unpaired) electrons. The van der Waals surface area contributed by atoms with Gasteiger partial charge in [0.2, 0.25) is 11.8 Å². The van der Waals surface area contributed by atoms with Crippen LogP contribution in [-0.4, -0.2) is 28.9 Å². The lowest BCUT2D eigenvalue weighted by Gasteiger charge is -2.52. The first-order chi connectivity index (χ1) is 20.7. The normalized spacial score (nSPS) is 23.2. The van der Waals surface area contributed by atoms with E-state index >= 15 is 0 Å². The van der Waals surface area contributed by atoms with E-state index in [9.17, 15) is 24.5 Å². The molecule has 11 heteroatoms. The first-order valence-electron chi connectivity index (χ1n) is 13.3. The van der Waals surface area contributed by atoms with Crippen molar-refractivity contribution >= 4 is 58.5 Å². The molecule has 1 fully saturated rings. The Morgan fingerprint density at radius 3 is 2.14 bits per heavy atom. The highest BCUT2D eigenvalue weighted by Gasteiger charge is 2.68. The summed E-state index contributed by atoms with van der Waals surface area (Å²) < 4.78 is 0. The molecule has 1 N–H and O–H groups in total. The van der Waals surface area contributed by atoms with Gasteiger partial charge < -0.3 is 0 Å². The van der Waals surface area contributed by atoms with E-state index in [0.717, 1.165) is 27.2 Å². The number of carbonyl (C=O) groups is 3. The van der Waals surface area contributed by atoms with E-state index in [1.807, 2.05) is 48.5 Å². The number of hydrogen-bond donors (Lipinski definition) is 1. The van der Waals surface area contributed by atoms with Crippen LogP contribution in [0.4, 0.5) is 11.4 Å². The number of nitro groups is 1. The van der Waals surface area contributed by atoms with Crippen molar-refractivity contribution in [1.29, 1.82) is 0 Å². The Labute approximate surface area is 254 Å². The van der Waals surface area contributed by atoms with Crippen LogP contribution in [-0.2, 0) is 15.0 Å². The van der Waals surface area contributed by atoms with Crippen LogP contribution >= 0.6 is 23.2 Å². The number of non-ortho nitro benzene ring substituents is 1. The minimum Gasteiger partial charge on any atom is -0.274 e. The second-order valence-corrected chi connectivity index (χ2v) is 11.5. The van der Waals surface area contributed by atoms with Crippen LogP contribution in [0.3, 0.4) is 0 Å². The number of anilines is 1. The number of amides is 3. The average molecular weight is 611 g/mol. The minimum atomic E-state index is -1.20. The van der Waals surface area contributed by atoms with Gasteiger partial charge in [0, 0.05) is 29.3 Å². The lowest BCUT2D eigenvalue weighted by Crippen LogP contribution is -2.54. The smallest absolute Gasteiger partial charge is 0.272 e. The standard InChI is InChI=1S/C32H20Cl2N4O5/c33-17-9-14-22(25(34)15-17)29(39)36-35-16-32-23-7-3-1-5-20(23)26(21-6-2-4-8-24(21)32)27-28(32)31(41)37(30(27)40)18-10-12-19(13-11-18)38(42)43/h1-16,26-28H,(H,36,39)/b35-16-/t26?,27-,28+,32?/m0/s1. The lowest BCUT2D eigenvalue weighted by molar-refractivity contribution is -0.384. The van der Waals surface area contributed by atoms with E-state index in [0.29, 0.717) is 5.02 Å². The third-order valence-corrected chi connectivity index (χ3v) is 9.16. The van der Waals surface area contributed by atoms with E-state index in [1.165, 1.54) is 36.4 Å². The van der Waals surface area contributed by atoms with Gasteiger partial charge in [-0.25, -0.2) is 10.3 Å². The SMILES string of the molecule is O=C(N/N=C\C12c3ccccc3C(c3ccccc31)[C@@H]1C(=O)N(c3ccc([N+](=O)[O-])cc3)C(=O)[C@@H]12)c1ccc(Cl)cc1Cl.